The van der Waals surface area contributed by atoms with Crippen molar-refractivity contribution >= 4 is 10.9 Å². The van der Waals surface area contributed by atoms with Crippen molar-refractivity contribution in [3.8, 4) is 28.5 Å². The third-order valence-electron chi connectivity index (χ3n) is 6.00. The average Bonchev–Trinajstić information content (AvgIpc) is 3.23. The van der Waals surface area contributed by atoms with Crippen LogP contribution in [0.15, 0.2) is 85.2 Å². The van der Waals surface area contributed by atoms with Gasteiger partial charge in [0.05, 0.1) is 7.11 Å². The molecule has 0 fully saturated rings. The molecule has 182 valence electrons. The Bertz CT molecular complexity index is 1520. The molecule has 2 aromatic heterocycles. The Balaban J connectivity index is 1.55. The highest BCUT2D eigenvalue weighted by Gasteiger charge is 2.18. The number of halogens is 2. The van der Waals surface area contributed by atoms with Crippen molar-refractivity contribution in [2.45, 2.75) is 13.1 Å². The zero-order valence-electron chi connectivity index (χ0n) is 20.0. The molecule has 0 spiro atoms. The Kier molecular flexibility index (Phi) is 6.64. The van der Waals surface area contributed by atoms with Crippen molar-refractivity contribution < 1.29 is 18.3 Å². The standard InChI is InChI=1S/C29H25F2N3O2/c1-34-18-24(22-12-13-33-29(35-2)28(22)34)23-14-20(17-32-16-19-6-4-3-5-7-19)8-10-26(23)36-27-11-9-21(30)15-25(27)31/h3-15,18,32H,16-17H2,1-2H3. The van der Waals surface area contributed by atoms with E-state index in [0.29, 0.717) is 18.2 Å². The summed E-state index contributed by atoms with van der Waals surface area (Å²) in [5.74, 6) is -0.511. The molecule has 0 aliphatic heterocycles. The van der Waals surface area contributed by atoms with Gasteiger partial charge in [-0.2, -0.15) is 0 Å². The minimum atomic E-state index is -0.765. The Morgan fingerprint density at radius 3 is 2.42 bits per heavy atom. The molecule has 0 atom stereocenters. The maximum absolute atomic E-state index is 14.4. The van der Waals surface area contributed by atoms with Gasteiger partial charge in [-0.3, -0.25) is 0 Å². The Morgan fingerprint density at radius 1 is 0.861 bits per heavy atom. The number of hydrogen-bond acceptors (Lipinski definition) is 4. The molecule has 2 heterocycles. The van der Waals surface area contributed by atoms with Crippen LogP contribution in [0.25, 0.3) is 22.0 Å². The fourth-order valence-electron chi connectivity index (χ4n) is 4.29. The van der Waals surface area contributed by atoms with E-state index >= 15 is 0 Å². The summed E-state index contributed by atoms with van der Waals surface area (Å²) >= 11 is 0. The van der Waals surface area contributed by atoms with Crippen molar-refractivity contribution in [3.05, 3.63) is 108 Å². The molecule has 0 aliphatic carbocycles. The second-order valence-electron chi connectivity index (χ2n) is 8.47. The Labute approximate surface area is 207 Å². The van der Waals surface area contributed by atoms with Gasteiger partial charge in [0.2, 0.25) is 5.88 Å². The summed E-state index contributed by atoms with van der Waals surface area (Å²) in [5, 5.41) is 4.38. The fourth-order valence-corrected chi connectivity index (χ4v) is 4.29. The monoisotopic (exact) mass is 485 g/mol. The Hall–Kier alpha value is -4.23. The number of ether oxygens (including phenoxy) is 2. The van der Waals surface area contributed by atoms with Crippen LogP contribution in [0.4, 0.5) is 8.78 Å². The molecular weight excluding hydrogens is 460 g/mol. The normalized spacial score (nSPS) is 11.1. The first kappa shape index (κ1) is 23.5. The SMILES string of the molecule is COc1nccc2c(-c3cc(CNCc4ccccc4)ccc3Oc3ccc(F)cc3F)cn(C)c12. The van der Waals surface area contributed by atoms with Gasteiger partial charge in [0, 0.05) is 55.1 Å². The predicted molar refractivity (Wildman–Crippen MR) is 136 cm³/mol. The lowest BCUT2D eigenvalue weighted by Crippen LogP contribution is -2.12. The van der Waals surface area contributed by atoms with Crippen LogP contribution >= 0.6 is 0 Å². The third-order valence-corrected chi connectivity index (χ3v) is 6.00. The van der Waals surface area contributed by atoms with Crippen molar-refractivity contribution in [2.75, 3.05) is 7.11 Å². The smallest absolute Gasteiger partial charge is 0.238 e. The van der Waals surface area contributed by atoms with Crippen molar-refractivity contribution in [1.82, 2.24) is 14.9 Å². The number of nitrogens with one attached hydrogen (secondary N) is 1. The zero-order valence-corrected chi connectivity index (χ0v) is 20.0. The summed E-state index contributed by atoms with van der Waals surface area (Å²) in [6.45, 7) is 1.36. The summed E-state index contributed by atoms with van der Waals surface area (Å²) < 4.78 is 41.3. The van der Waals surface area contributed by atoms with E-state index in [1.807, 2.05) is 60.3 Å². The molecule has 5 rings (SSSR count). The second kappa shape index (κ2) is 10.2. The largest absolute Gasteiger partial charge is 0.479 e. The predicted octanol–water partition coefficient (Wildman–Crippen LogP) is 6.61. The van der Waals surface area contributed by atoms with E-state index in [9.17, 15) is 8.78 Å². The van der Waals surface area contributed by atoms with Gasteiger partial charge < -0.3 is 19.4 Å². The zero-order chi connectivity index (χ0) is 25.1. The van der Waals surface area contributed by atoms with E-state index in [2.05, 4.69) is 22.4 Å². The number of hydrogen-bond donors (Lipinski definition) is 1. The minimum absolute atomic E-state index is 0.0490. The van der Waals surface area contributed by atoms with Crippen LogP contribution in [0.2, 0.25) is 0 Å². The number of aromatic nitrogens is 2. The summed E-state index contributed by atoms with van der Waals surface area (Å²) in [7, 11) is 3.50. The topological polar surface area (TPSA) is 48.3 Å². The summed E-state index contributed by atoms with van der Waals surface area (Å²) in [6.07, 6.45) is 3.66. The van der Waals surface area contributed by atoms with Gasteiger partial charge in [0.15, 0.2) is 11.6 Å². The van der Waals surface area contributed by atoms with Crippen LogP contribution in [0.5, 0.6) is 17.4 Å². The number of benzene rings is 3. The first-order chi connectivity index (χ1) is 17.5. The number of nitrogens with zero attached hydrogens (tertiary/aromatic N) is 2. The van der Waals surface area contributed by atoms with Crippen molar-refractivity contribution in [3.63, 3.8) is 0 Å². The van der Waals surface area contributed by atoms with Crippen molar-refractivity contribution in [1.29, 1.82) is 0 Å². The first-order valence-corrected chi connectivity index (χ1v) is 11.5. The molecule has 0 saturated carbocycles. The summed E-state index contributed by atoms with van der Waals surface area (Å²) in [4.78, 5) is 4.32. The van der Waals surface area contributed by atoms with Crippen LogP contribution in [0.3, 0.4) is 0 Å². The average molecular weight is 486 g/mol. The lowest BCUT2D eigenvalue weighted by Gasteiger charge is -2.14. The Morgan fingerprint density at radius 2 is 1.64 bits per heavy atom. The van der Waals surface area contributed by atoms with Gasteiger partial charge >= 0.3 is 0 Å². The highest BCUT2D eigenvalue weighted by molar-refractivity contribution is 5.99. The van der Waals surface area contributed by atoms with Gasteiger partial charge in [0.25, 0.3) is 0 Å². The van der Waals surface area contributed by atoms with E-state index in [0.717, 1.165) is 40.2 Å². The van der Waals surface area contributed by atoms with Gasteiger partial charge in [-0.25, -0.2) is 13.8 Å². The number of fused-ring (bicyclic) bond motifs is 1. The van der Waals surface area contributed by atoms with E-state index in [4.69, 9.17) is 9.47 Å². The molecule has 36 heavy (non-hydrogen) atoms. The van der Waals surface area contributed by atoms with Crippen LogP contribution in [-0.4, -0.2) is 16.7 Å². The first-order valence-electron chi connectivity index (χ1n) is 11.5. The molecule has 0 saturated heterocycles. The highest BCUT2D eigenvalue weighted by atomic mass is 19.1. The van der Waals surface area contributed by atoms with Crippen LogP contribution in [-0.2, 0) is 20.1 Å². The van der Waals surface area contributed by atoms with Gasteiger partial charge in [0.1, 0.15) is 17.1 Å². The summed E-state index contributed by atoms with van der Waals surface area (Å²) in [5.41, 5.74) is 4.72. The van der Waals surface area contributed by atoms with E-state index < -0.39 is 11.6 Å². The number of aryl methyl sites for hydroxylation is 1. The molecule has 5 nitrogen and oxygen atoms in total. The lowest BCUT2D eigenvalue weighted by molar-refractivity contribution is 0.401. The molecule has 5 aromatic rings. The maximum atomic E-state index is 14.4. The van der Waals surface area contributed by atoms with Gasteiger partial charge in [-0.05, 0) is 41.5 Å². The van der Waals surface area contributed by atoms with Crippen molar-refractivity contribution in [2.24, 2.45) is 7.05 Å². The molecular formula is C29H25F2N3O2. The second-order valence-corrected chi connectivity index (χ2v) is 8.47. The number of pyridine rings is 1. The van der Waals surface area contributed by atoms with Gasteiger partial charge in [-0.1, -0.05) is 36.4 Å². The van der Waals surface area contributed by atoms with Gasteiger partial charge in [-0.15, -0.1) is 0 Å². The molecule has 0 bridgehead atoms. The molecule has 0 amide bonds. The highest BCUT2D eigenvalue weighted by Crippen LogP contribution is 2.40. The van der Waals surface area contributed by atoms with E-state index in [1.165, 1.54) is 17.7 Å². The van der Waals surface area contributed by atoms with E-state index in [1.54, 1.807) is 13.3 Å². The molecule has 3 aromatic carbocycles. The van der Waals surface area contributed by atoms with E-state index in [-0.39, 0.29) is 5.75 Å². The lowest BCUT2D eigenvalue weighted by atomic mass is 10.0. The number of rotatable bonds is 8. The molecule has 1 N–H and O–H groups in total. The summed E-state index contributed by atoms with van der Waals surface area (Å²) in [6, 6.07) is 21.1. The molecule has 7 heteroatoms. The van der Waals surface area contributed by atoms with Crippen LogP contribution in [0, 0.1) is 11.6 Å². The van der Waals surface area contributed by atoms with Crippen LogP contribution < -0.4 is 14.8 Å². The quantitative estimate of drug-likeness (QED) is 0.269. The maximum Gasteiger partial charge on any atom is 0.238 e. The minimum Gasteiger partial charge on any atom is -0.479 e. The molecule has 0 aliphatic rings. The fraction of sp³-hybridized carbons (Fsp3) is 0.138. The third kappa shape index (κ3) is 4.78. The number of methoxy groups -OCH3 is 1. The molecule has 0 radical (unpaired) electrons. The molecule has 0 unspecified atom stereocenters. The van der Waals surface area contributed by atoms with Crippen LogP contribution in [0.1, 0.15) is 11.1 Å².